The molecule has 3 aromatic rings. The normalized spacial score (nSPS) is 18.0. The Morgan fingerprint density at radius 1 is 1.03 bits per heavy atom. The number of amides is 2. The van der Waals surface area contributed by atoms with Crippen LogP contribution in [0.5, 0.6) is 5.75 Å². The lowest BCUT2D eigenvalue weighted by molar-refractivity contribution is -0.124. The Bertz CT molecular complexity index is 1030. The van der Waals surface area contributed by atoms with E-state index in [0.29, 0.717) is 29.2 Å². The smallest absolute Gasteiger partial charge is 0.258 e. The molecule has 1 aromatic heterocycles. The highest BCUT2D eigenvalue weighted by molar-refractivity contribution is 6.30. The van der Waals surface area contributed by atoms with Crippen molar-refractivity contribution in [2.45, 2.75) is 24.9 Å². The summed E-state index contributed by atoms with van der Waals surface area (Å²) in [5.74, 6) is 0.254. The van der Waals surface area contributed by atoms with Crippen LogP contribution in [0, 0.1) is 0 Å². The number of ether oxygens (including phenoxy) is 1. The van der Waals surface area contributed by atoms with Crippen molar-refractivity contribution in [3.63, 3.8) is 0 Å². The number of halogens is 1. The number of nitrogens with zero attached hydrogens (tertiary/aromatic N) is 1. The Kier molecular flexibility index (Phi) is 5.62. The van der Waals surface area contributed by atoms with Crippen LogP contribution in [0.4, 0.5) is 0 Å². The van der Waals surface area contributed by atoms with Crippen LogP contribution in [0.3, 0.4) is 0 Å². The van der Waals surface area contributed by atoms with Gasteiger partial charge in [0.2, 0.25) is 0 Å². The zero-order chi connectivity index (χ0) is 20.2. The summed E-state index contributed by atoms with van der Waals surface area (Å²) in [6.45, 7) is -0.0576. The monoisotopic (exact) mass is 409 g/mol. The largest absolute Gasteiger partial charge is 0.484 e. The third-order valence-corrected chi connectivity index (χ3v) is 5.13. The Hall–Kier alpha value is -3.12. The number of benzene rings is 2. The topological polar surface area (TPSA) is 80.3 Å². The molecule has 0 atom stereocenters. The van der Waals surface area contributed by atoms with Gasteiger partial charge in [0.05, 0.1) is 11.1 Å². The highest BCUT2D eigenvalue weighted by Gasteiger charge is 2.31. The molecule has 29 heavy (non-hydrogen) atoms. The van der Waals surface area contributed by atoms with Crippen LogP contribution in [-0.4, -0.2) is 35.5 Å². The first-order valence-electron chi connectivity index (χ1n) is 9.40. The summed E-state index contributed by atoms with van der Waals surface area (Å²) in [6.07, 6.45) is 2.97. The van der Waals surface area contributed by atoms with Gasteiger partial charge in [-0.15, -0.1) is 0 Å². The molecule has 6 nitrogen and oxygen atoms in total. The number of hydrogen-bond donors (Lipinski definition) is 2. The number of pyridine rings is 1. The van der Waals surface area contributed by atoms with Crippen molar-refractivity contribution in [2.75, 3.05) is 6.61 Å². The standard InChI is InChI=1S/C22H20ClN3O3/c23-16-5-7-19(8-6-16)29-13-21(27)25-17-10-18(11-17)26-22(28)15-9-14-3-1-2-4-20(14)24-12-15/h1-9,12,17-18H,10-11,13H2,(H,25,27)(H,26,28). The summed E-state index contributed by atoms with van der Waals surface area (Å²) in [5.41, 5.74) is 1.39. The maximum Gasteiger partial charge on any atom is 0.258 e. The first-order valence-corrected chi connectivity index (χ1v) is 9.78. The molecule has 0 bridgehead atoms. The molecule has 1 aliphatic carbocycles. The van der Waals surface area contributed by atoms with Gasteiger partial charge in [0.15, 0.2) is 6.61 Å². The third kappa shape index (κ3) is 4.84. The number of para-hydroxylation sites is 1. The first kappa shape index (κ1) is 19.2. The molecule has 1 saturated carbocycles. The fraction of sp³-hybridized carbons (Fsp3) is 0.227. The first-order chi connectivity index (χ1) is 14.1. The van der Waals surface area contributed by atoms with Gasteiger partial charge in [-0.2, -0.15) is 0 Å². The molecule has 0 spiro atoms. The van der Waals surface area contributed by atoms with Crippen LogP contribution < -0.4 is 15.4 Å². The van der Waals surface area contributed by atoms with Crippen LogP contribution in [0.1, 0.15) is 23.2 Å². The highest BCUT2D eigenvalue weighted by atomic mass is 35.5. The van der Waals surface area contributed by atoms with Gasteiger partial charge in [-0.05, 0) is 49.2 Å². The fourth-order valence-corrected chi connectivity index (χ4v) is 3.39. The van der Waals surface area contributed by atoms with Crippen molar-refractivity contribution in [2.24, 2.45) is 0 Å². The molecule has 7 heteroatoms. The average Bonchev–Trinajstić information content (AvgIpc) is 2.71. The number of fused-ring (bicyclic) bond motifs is 1. The van der Waals surface area contributed by atoms with Crippen LogP contribution in [-0.2, 0) is 4.79 Å². The maximum absolute atomic E-state index is 12.4. The molecular formula is C22H20ClN3O3. The minimum atomic E-state index is -0.187. The number of hydrogen-bond acceptors (Lipinski definition) is 4. The number of carbonyl (C=O) groups excluding carboxylic acids is 2. The van der Waals surface area contributed by atoms with E-state index >= 15 is 0 Å². The Morgan fingerprint density at radius 3 is 2.55 bits per heavy atom. The van der Waals surface area contributed by atoms with E-state index in [2.05, 4.69) is 15.6 Å². The summed E-state index contributed by atoms with van der Waals surface area (Å²) in [4.78, 5) is 28.8. The van der Waals surface area contributed by atoms with E-state index in [9.17, 15) is 9.59 Å². The van der Waals surface area contributed by atoms with Crippen molar-refractivity contribution >= 4 is 34.3 Å². The Morgan fingerprint density at radius 2 is 1.76 bits per heavy atom. The number of rotatable bonds is 6. The minimum Gasteiger partial charge on any atom is -0.484 e. The third-order valence-electron chi connectivity index (χ3n) is 4.87. The molecule has 2 aromatic carbocycles. The summed E-state index contributed by atoms with van der Waals surface area (Å²) >= 11 is 5.82. The van der Waals surface area contributed by atoms with E-state index in [1.807, 2.05) is 30.3 Å². The summed E-state index contributed by atoms with van der Waals surface area (Å²) < 4.78 is 5.43. The summed E-state index contributed by atoms with van der Waals surface area (Å²) in [5, 5.41) is 7.45. The average molecular weight is 410 g/mol. The van der Waals surface area contributed by atoms with E-state index in [0.717, 1.165) is 10.9 Å². The lowest BCUT2D eigenvalue weighted by Crippen LogP contribution is -2.54. The van der Waals surface area contributed by atoms with Gasteiger partial charge < -0.3 is 15.4 Å². The molecule has 2 N–H and O–H groups in total. The van der Waals surface area contributed by atoms with Crippen molar-refractivity contribution in [1.29, 1.82) is 0 Å². The summed E-state index contributed by atoms with van der Waals surface area (Å²) in [6, 6.07) is 16.4. The molecule has 0 saturated heterocycles. The quantitative estimate of drug-likeness (QED) is 0.654. The Labute approximate surface area is 173 Å². The molecule has 4 rings (SSSR count). The fourth-order valence-electron chi connectivity index (χ4n) is 3.27. The van der Waals surface area contributed by atoms with E-state index in [1.54, 1.807) is 30.5 Å². The van der Waals surface area contributed by atoms with Gasteiger partial charge in [-0.1, -0.05) is 29.8 Å². The molecule has 1 fully saturated rings. The van der Waals surface area contributed by atoms with E-state index < -0.39 is 0 Å². The van der Waals surface area contributed by atoms with Crippen molar-refractivity contribution in [1.82, 2.24) is 15.6 Å². The van der Waals surface area contributed by atoms with Crippen LogP contribution in [0.2, 0.25) is 5.02 Å². The van der Waals surface area contributed by atoms with Crippen molar-refractivity contribution in [3.8, 4) is 5.75 Å². The van der Waals surface area contributed by atoms with E-state index in [4.69, 9.17) is 16.3 Å². The van der Waals surface area contributed by atoms with Gasteiger partial charge in [0.25, 0.3) is 11.8 Å². The van der Waals surface area contributed by atoms with Gasteiger partial charge >= 0.3 is 0 Å². The summed E-state index contributed by atoms with van der Waals surface area (Å²) in [7, 11) is 0. The molecule has 0 radical (unpaired) electrons. The zero-order valence-electron chi connectivity index (χ0n) is 15.6. The van der Waals surface area contributed by atoms with Gasteiger partial charge in [0, 0.05) is 28.7 Å². The molecule has 0 unspecified atom stereocenters. The second-order valence-electron chi connectivity index (χ2n) is 7.07. The molecule has 0 aliphatic heterocycles. The Balaban J connectivity index is 1.20. The molecule has 2 amide bonds. The molecular weight excluding hydrogens is 390 g/mol. The predicted molar refractivity (Wildman–Crippen MR) is 111 cm³/mol. The second kappa shape index (κ2) is 8.49. The molecule has 1 aliphatic rings. The lowest BCUT2D eigenvalue weighted by atomic mass is 9.86. The van der Waals surface area contributed by atoms with Gasteiger partial charge in [0.1, 0.15) is 5.75 Å². The van der Waals surface area contributed by atoms with Gasteiger partial charge in [-0.3, -0.25) is 14.6 Å². The number of carbonyl (C=O) groups is 2. The van der Waals surface area contributed by atoms with E-state index in [1.165, 1.54) is 0 Å². The SMILES string of the molecule is O=C(COc1ccc(Cl)cc1)NC1CC(NC(=O)c2cnc3ccccc3c2)C1. The minimum absolute atomic E-state index is 0.0383. The van der Waals surface area contributed by atoms with Crippen LogP contribution >= 0.6 is 11.6 Å². The van der Waals surface area contributed by atoms with Crippen molar-refractivity contribution in [3.05, 3.63) is 71.4 Å². The zero-order valence-corrected chi connectivity index (χ0v) is 16.4. The predicted octanol–water partition coefficient (Wildman–Crippen LogP) is 3.34. The molecule has 1 heterocycles. The second-order valence-corrected chi connectivity index (χ2v) is 7.50. The number of nitrogens with one attached hydrogen (secondary N) is 2. The van der Waals surface area contributed by atoms with Crippen molar-refractivity contribution < 1.29 is 14.3 Å². The lowest BCUT2D eigenvalue weighted by Gasteiger charge is -2.36. The highest BCUT2D eigenvalue weighted by Crippen LogP contribution is 2.21. The van der Waals surface area contributed by atoms with E-state index in [-0.39, 0.29) is 30.5 Å². The van der Waals surface area contributed by atoms with Crippen LogP contribution in [0.25, 0.3) is 10.9 Å². The molecule has 148 valence electrons. The maximum atomic E-state index is 12.4. The van der Waals surface area contributed by atoms with Crippen LogP contribution in [0.15, 0.2) is 60.8 Å². The van der Waals surface area contributed by atoms with Gasteiger partial charge in [-0.25, -0.2) is 0 Å². The number of aromatic nitrogens is 1.